The molecule has 1 rings (SSSR count). The van der Waals surface area contributed by atoms with Crippen LogP contribution in [0.4, 0.5) is 0 Å². The first kappa shape index (κ1) is 11.9. The van der Waals surface area contributed by atoms with Crippen molar-refractivity contribution < 1.29 is 4.21 Å². The molecule has 0 aliphatic carbocycles. The molecule has 0 saturated heterocycles. The Bertz CT molecular complexity index is 272. The average molecular weight is 231 g/mol. The van der Waals surface area contributed by atoms with Crippen LogP contribution in [0.15, 0.2) is 17.5 Å². The third-order valence-corrected chi connectivity index (χ3v) is 4.43. The average Bonchev–Trinajstić information content (AvgIpc) is 2.70. The summed E-state index contributed by atoms with van der Waals surface area (Å²) in [5.41, 5.74) is 0. The van der Waals surface area contributed by atoms with Crippen LogP contribution < -0.4 is 5.32 Å². The maximum absolute atomic E-state index is 11.2. The maximum Gasteiger partial charge on any atom is 0.0386 e. The molecular formula is C10H17NOS2. The Morgan fingerprint density at radius 3 is 3.00 bits per heavy atom. The second-order valence-electron chi connectivity index (χ2n) is 3.12. The molecule has 1 N–H and O–H groups in total. The molecule has 0 amide bonds. The summed E-state index contributed by atoms with van der Waals surface area (Å²) in [5.74, 6) is 1.52. The number of rotatable bonds is 6. The lowest BCUT2D eigenvalue weighted by Gasteiger charge is -2.11. The van der Waals surface area contributed by atoms with Crippen LogP contribution in [0, 0.1) is 0 Å². The molecule has 2 unspecified atom stereocenters. The van der Waals surface area contributed by atoms with Gasteiger partial charge in [-0.1, -0.05) is 13.0 Å². The van der Waals surface area contributed by atoms with E-state index in [1.165, 1.54) is 4.88 Å². The number of thiophene rings is 1. The Balaban J connectivity index is 2.22. The van der Waals surface area contributed by atoms with Gasteiger partial charge < -0.3 is 5.32 Å². The first-order chi connectivity index (χ1) is 6.74. The van der Waals surface area contributed by atoms with Gasteiger partial charge >= 0.3 is 0 Å². The van der Waals surface area contributed by atoms with E-state index in [1.807, 2.05) is 6.92 Å². The lowest BCUT2D eigenvalue weighted by atomic mass is 10.3. The van der Waals surface area contributed by atoms with Gasteiger partial charge in [-0.25, -0.2) is 0 Å². The molecule has 0 aliphatic heterocycles. The Labute approximate surface area is 92.2 Å². The van der Waals surface area contributed by atoms with Crippen LogP contribution in [0.3, 0.4) is 0 Å². The van der Waals surface area contributed by atoms with E-state index >= 15 is 0 Å². The summed E-state index contributed by atoms with van der Waals surface area (Å²) < 4.78 is 11.2. The van der Waals surface area contributed by atoms with E-state index in [9.17, 15) is 4.21 Å². The van der Waals surface area contributed by atoms with Gasteiger partial charge in [0.05, 0.1) is 0 Å². The van der Waals surface area contributed by atoms with Crippen molar-refractivity contribution >= 4 is 22.1 Å². The molecule has 1 aromatic heterocycles. The SMILES string of the molecule is CCS(=O)CCNC(C)c1cccs1. The van der Waals surface area contributed by atoms with Crippen molar-refractivity contribution in [3.8, 4) is 0 Å². The van der Waals surface area contributed by atoms with Crippen LogP contribution in [-0.4, -0.2) is 22.3 Å². The van der Waals surface area contributed by atoms with E-state index in [-0.39, 0.29) is 0 Å². The van der Waals surface area contributed by atoms with Gasteiger partial charge in [0.25, 0.3) is 0 Å². The largest absolute Gasteiger partial charge is 0.309 e. The van der Waals surface area contributed by atoms with Gasteiger partial charge in [0, 0.05) is 39.8 Å². The van der Waals surface area contributed by atoms with Crippen molar-refractivity contribution in [3.63, 3.8) is 0 Å². The zero-order chi connectivity index (χ0) is 10.4. The second-order valence-corrected chi connectivity index (χ2v) is 5.97. The topological polar surface area (TPSA) is 29.1 Å². The molecule has 0 fully saturated rings. The highest BCUT2D eigenvalue weighted by Crippen LogP contribution is 2.17. The third-order valence-electron chi connectivity index (χ3n) is 2.07. The molecule has 0 aliphatic rings. The van der Waals surface area contributed by atoms with Crippen LogP contribution in [0.5, 0.6) is 0 Å². The fourth-order valence-corrected chi connectivity index (χ4v) is 2.56. The molecule has 0 radical (unpaired) electrons. The van der Waals surface area contributed by atoms with Crippen LogP contribution in [0.25, 0.3) is 0 Å². The minimum atomic E-state index is -0.649. The Morgan fingerprint density at radius 1 is 1.64 bits per heavy atom. The fraction of sp³-hybridized carbons (Fsp3) is 0.600. The molecule has 2 nitrogen and oxygen atoms in total. The summed E-state index contributed by atoms with van der Waals surface area (Å²) in [7, 11) is -0.649. The van der Waals surface area contributed by atoms with E-state index in [0.29, 0.717) is 6.04 Å². The summed E-state index contributed by atoms with van der Waals surface area (Å²) in [5, 5.41) is 5.45. The zero-order valence-electron chi connectivity index (χ0n) is 8.66. The molecule has 1 aromatic rings. The monoisotopic (exact) mass is 231 g/mol. The van der Waals surface area contributed by atoms with Crippen molar-refractivity contribution in [2.24, 2.45) is 0 Å². The van der Waals surface area contributed by atoms with Crippen LogP contribution in [0.1, 0.15) is 24.8 Å². The summed E-state index contributed by atoms with van der Waals surface area (Å²) in [6.07, 6.45) is 0. The van der Waals surface area contributed by atoms with Crippen molar-refractivity contribution in [1.29, 1.82) is 0 Å². The second kappa shape index (κ2) is 6.32. The van der Waals surface area contributed by atoms with Gasteiger partial charge in [0.2, 0.25) is 0 Å². The van der Waals surface area contributed by atoms with E-state index in [4.69, 9.17) is 0 Å². The van der Waals surface area contributed by atoms with E-state index in [2.05, 4.69) is 29.8 Å². The van der Waals surface area contributed by atoms with Crippen LogP contribution in [0.2, 0.25) is 0 Å². The Hall–Kier alpha value is -0.190. The molecule has 0 aromatic carbocycles. The zero-order valence-corrected chi connectivity index (χ0v) is 10.3. The van der Waals surface area contributed by atoms with Gasteiger partial charge in [-0.3, -0.25) is 4.21 Å². The normalized spacial score (nSPS) is 15.3. The lowest BCUT2D eigenvalue weighted by molar-refractivity contribution is 0.605. The molecule has 0 bridgehead atoms. The summed E-state index contributed by atoms with van der Waals surface area (Å²) in [6.45, 7) is 4.93. The number of hydrogen-bond acceptors (Lipinski definition) is 3. The third kappa shape index (κ3) is 3.90. The van der Waals surface area contributed by atoms with E-state index in [1.54, 1.807) is 11.3 Å². The van der Waals surface area contributed by atoms with Crippen LogP contribution in [-0.2, 0) is 10.8 Å². The Kier molecular flexibility index (Phi) is 5.37. The van der Waals surface area contributed by atoms with Crippen molar-refractivity contribution in [2.45, 2.75) is 19.9 Å². The fourth-order valence-electron chi connectivity index (χ4n) is 1.17. The van der Waals surface area contributed by atoms with E-state index < -0.39 is 10.8 Å². The molecule has 1 heterocycles. The van der Waals surface area contributed by atoms with Crippen LogP contribution >= 0.6 is 11.3 Å². The molecule has 80 valence electrons. The highest BCUT2D eigenvalue weighted by Gasteiger charge is 2.05. The standard InChI is InChI=1S/C10H17NOS2/c1-3-14(12)8-6-11-9(2)10-5-4-7-13-10/h4-5,7,9,11H,3,6,8H2,1-2H3. The molecule has 4 heteroatoms. The van der Waals surface area contributed by atoms with Gasteiger partial charge in [0.15, 0.2) is 0 Å². The lowest BCUT2D eigenvalue weighted by Crippen LogP contribution is -2.23. The number of hydrogen-bond donors (Lipinski definition) is 1. The van der Waals surface area contributed by atoms with Gasteiger partial charge in [0.1, 0.15) is 0 Å². The highest BCUT2D eigenvalue weighted by atomic mass is 32.2. The molecular weight excluding hydrogens is 214 g/mol. The summed E-state index contributed by atoms with van der Waals surface area (Å²) in [4.78, 5) is 1.34. The number of nitrogens with one attached hydrogen (secondary N) is 1. The molecule has 2 atom stereocenters. The van der Waals surface area contributed by atoms with Gasteiger partial charge in [-0.2, -0.15) is 0 Å². The summed E-state index contributed by atoms with van der Waals surface area (Å²) in [6, 6.07) is 4.56. The predicted molar refractivity (Wildman–Crippen MR) is 64.3 cm³/mol. The predicted octanol–water partition coefficient (Wildman–Crippen LogP) is 2.17. The smallest absolute Gasteiger partial charge is 0.0386 e. The highest BCUT2D eigenvalue weighted by molar-refractivity contribution is 7.84. The van der Waals surface area contributed by atoms with Crippen molar-refractivity contribution in [1.82, 2.24) is 5.32 Å². The minimum absolute atomic E-state index is 0.379. The molecule has 0 spiro atoms. The maximum atomic E-state index is 11.2. The first-order valence-electron chi connectivity index (χ1n) is 4.85. The molecule has 14 heavy (non-hydrogen) atoms. The van der Waals surface area contributed by atoms with Gasteiger partial charge in [-0.05, 0) is 18.4 Å². The quantitative estimate of drug-likeness (QED) is 0.813. The van der Waals surface area contributed by atoms with Gasteiger partial charge in [-0.15, -0.1) is 11.3 Å². The molecule has 0 saturated carbocycles. The first-order valence-corrected chi connectivity index (χ1v) is 7.22. The Morgan fingerprint density at radius 2 is 2.43 bits per heavy atom. The van der Waals surface area contributed by atoms with Crippen molar-refractivity contribution in [3.05, 3.63) is 22.4 Å². The summed E-state index contributed by atoms with van der Waals surface area (Å²) >= 11 is 1.76. The minimum Gasteiger partial charge on any atom is -0.309 e. The van der Waals surface area contributed by atoms with Crippen molar-refractivity contribution in [2.75, 3.05) is 18.1 Å². The van der Waals surface area contributed by atoms with E-state index in [0.717, 1.165) is 18.1 Å².